The van der Waals surface area contributed by atoms with E-state index in [1.807, 2.05) is 32.0 Å². The normalized spacial score (nSPS) is 10.7. The second kappa shape index (κ2) is 9.19. The van der Waals surface area contributed by atoms with Crippen molar-refractivity contribution in [1.82, 2.24) is 0 Å². The highest BCUT2D eigenvalue weighted by atomic mass is 32.2. The molecule has 3 aromatic carbocycles. The second-order valence-electron chi connectivity index (χ2n) is 7.36. The van der Waals surface area contributed by atoms with E-state index in [0.717, 1.165) is 33.9 Å². The van der Waals surface area contributed by atoms with Gasteiger partial charge in [-0.15, -0.1) is 11.8 Å². The highest BCUT2D eigenvalue weighted by molar-refractivity contribution is 7.98. The van der Waals surface area contributed by atoms with Gasteiger partial charge < -0.3 is 10.1 Å². The summed E-state index contributed by atoms with van der Waals surface area (Å²) in [5, 5.41) is 3.08. The Morgan fingerprint density at radius 1 is 0.897 bits per heavy atom. The van der Waals surface area contributed by atoms with Gasteiger partial charge in [0.05, 0.1) is 7.11 Å². The van der Waals surface area contributed by atoms with Crippen LogP contribution >= 0.6 is 11.8 Å². The summed E-state index contributed by atoms with van der Waals surface area (Å²) in [6.45, 7) is 8.19. The first-order valence-electron chi connectivity index (χ1n) is 9.63. The van der Waals surface area contributed by atoms with Crippen molar-refractivity contribution in [2.24, 2.45) is 0 Å². The maximum absolute atomic E-state index is 12.9. The molecule has 0 radical (unpaired) electrons. The molecule has 0 aliphatic carbocycles. The monoisotopic (exact) mass is 405 g/mol. The number of thioether (sulfide) groups is 1. The highest BCUT2D eigenvalue weighted by Gasteiger charge is 2.13. The third-order valence-electron chi connectivity index (χ3n) is 4.87. The molecule has 0 aliphatic rings. The number of hydrogen-bond acceptors (Lipinski definition) is 3. The molecule has 1 N–H and O–H groups in total. The number of ether oxygens (including phenoxy) is 1. The van der Waals surface area contributed by atoms with Crippen LogP contribution in [0.25, 0.3) is 0 Å². The van der Waals surface area contributed by atoms with Gasteiger partial charge in [-0.1, -0.05) is 35.4 Å². The van der Waals surface area contributed by atoms with Crippen LogP contribution in [0.15, 0.2) is 59.5 Å². The molecule has 0 saturated carbocycles. The lowest BCUT2D eigenvalue weighted by molar-refractivity contribution is 0.102. The standard InChI is InChI=1S/C25H27NO2S/c1-16-6-9-22(10-7-16)29-15-21-14-20(8-11-23(21)28-5)25(27)26-24-18(3)12-17(2)13-19(24)4/h6-14H,15H2,1-5H3,(H,26,27). The number of anilines is 1. The molecular weight excluding hydrogens is 378 g/mol. The molecule has 0 aromatic heterocycles. The number of aryl methyl sites for hydroxylation is 4. The molecule has 0 spiro atoms. The number of amides is 1. The molecule has 3 rings (SSSR count). The van der Waals surface area contributed by atoms with Crippen LogP contribution in [0.4, 0.5) is 5.69 Å². The molecule has 0 bridgehead atoms. The number of benzene rings is 3. The molecule has 0 fully saturated rings. The Kier molecular flexibility index (Phi) is 6.65. The number of rotatable bonds is 6. The van der Waals surface area contributed by atoms with Crippen LogP contribution in [-0.2, 0) is 5.75 Å². The van der Waals surface area contributed by atoms with Crippen LogP contribution in [0.3, 0.4) is 0 Å². The molecule has 1 amide bonds. The predicted molar refractivity (Wildman–Crippen MR) is 122 cm³/mol. The molecule has 0 saturated heterocycles. The van der Waals surface area contributed by atoms with Gasteiger partial charge >= 0.3 is 0 Å². The fraction of sp³-hybridized carbons (Fsp3) is 0.240. The summed E-state index contributed by atoms with van der Waals surface area (Å²) in [6, 6.07) is 18.2. The molecule has 3 aromatic rings. The molecule has 4 heteroatoms. The Bertz CT molecular complexity index is 1000. The summed E-state index contributed by atoms with van der Waals surface area (Å²) >= 11 is 1.73. The lowest BCUT2D eigenvalue weighted by Crippen LogP contribution is -2.14. The summed E-state index contributed by atoms with van der Waals surface area (Å²) in [6.07, 6.45) is 0. The van der Waals surface area contributed by atoms with Gasteiger partial charge in [0.1, 0.15) is 5.75 Å². The highest BCUT2D eigenvalue weighted by Crippen LogP contribution is 2.30. The summed E-state index contributed by atoms with van der Waals surface area (Å²) < 4.78 is 5.51. The molecule has 3 nitrogen and oxygen atoms in total. The van der Waals surface area contributed by atoms with Crippen molar-refractivity contribution in [2.45, 2.75) is 38.3 Å². The molecular formula is C25H27NO2S. The van der Waals surface area contributed by atoms with Gasteiger partial charge in [0.15, 0.2) is 0 Å². The van der Waals surface area contributed by atoms with E-state index >= 15 is 0 Å². The summed E-state index contributed by atoms with van der Waals surface area (Å²) in [5.74, 6) is 1.42. The van der Waals surface area contributed by atoms with E-state index in [9.17, 15) is 4.79 Å². The summed E-state index contributed by atoms with van der Waals surface area (Å²) in [4.78, 5) is 14.1. The molecule has 29 heavy (non-hydrogen) atoms. The molecule has 0 unspecified atom stereocenters. The molecule has 0 heterocycles. The minimum absolute atomic E-state index is 0.107. The van der Waals surface area contributed by atoms with Gasteiger partial charge in [-0.25, -0.2) is 0 Å². The van der Waals surface area contributed by atoms with Crippen LogP contribution in [0.2, 0.25) is 0 Å². The van der Waals surface area contributed by atoms with Crippen molar-refractivity contribution in [1.29, 1.82) is 0 Å². The van der Waals surface area contributed by atoms with Crippen LogP contribution in [0.1, 0.15) is 38.2 Å². The lowest BCUT2D eigenvalue weighted by atomic mass is 10.0. The van der Waals surface area contributed by atoms with E-state index in [2.05, 4.69) is 55.6 Å². The zero-order chi connectivity index (χ0) is 21.0. The van der Waals surface area contributed by atoms with Gasteiger partial charge in [0, 0.05) is 27.5 Å². The van der Waals surface area contributed by atoms with Crippen LogP contribution in [0, 0.1) is 27.7 Å². The van der Waals surface area contributed by atoms with E-state index in [0.29, 0.717) is 5.56 Å². The maximum Gasteiger partial charge on any atom is 0.255 e. The SMILES string of the molecule is COc1ccc(C(=O)Nc2c(C)cc(C)cc2C)cc1CSc1ccc(C)cc1. The lowest BCUT2D eigenvalue weighted by Gasteiger charge is -2.14. The van der Waals surface area contributed by atoms with Crippen molar-refractivity contribution in [3.63, 3.8) is 0 Å². The Balaban J connectivity index is 1.80. The third kappa shape index (κ3) is 5.21. The quantitative estimate of drug-likeness (QED) is 0.477. The minimum Gasteiger partial charge on any atom is -0.496 e. The summed E-state index contributed by atoms with van der Waals surface area (Å²) in [5.41, 5.74) is 7.09. The van der Waals surface area contributed by atoms with Gasteiger partial charge in [-0.2, -0.15) is 0 Å². The first-order chi connectivity index (χ1) is 13.9. The van der Waals surface area contributed by atoms with E-state index in [4.69, 9.17) is 4.74 Å². The number of methoxy groups -OCH3 is 1. The number of hydrogen-bond donors (Lipinski definition) is 1. The largest absolute Gasteiger partial charge is 0.496 e. The minimum atomic E-state index is -0.107. The van der Waals surface area contributed by atoms with E-state index in [1.165, 1.54) is 16.0 Å². The van der Waals surface area contributed by atoms with Crippen molar-refractivity contribution < 1.29 is 9.53 Å². The smallest absolute Gasteiger partial charge is 0.255 e. The molecule has 0 aliphatic heterocycles. The average Bonchev–Trinajstić information content (AvgIpc) is 2.69. The predicted octanol–water partition coefficient (Wildman–Crippen LogP) is 6.47. The number of nitrogens with one attached hydrogen (secondary N) is 1. The van der Waals surface area contributed by atoms with Gasteiger partial charge in [0.2, 0.25) is 0 Å². The first kappa shape index (κ1) is 21.0. The average molecular weight is 406 g/mol. The molecule has 0 atom stereocenters. The van der Waals surface area contributed by atoms with Crippen molar-refractivity contribution in [2.75, 3.05) is 12.4 Å². The molecule has 150 valence electrons. The van der Waals surface area contributed by atoms with Crippen molar-refractivity contribution in [3.8, 4) is 5.75 Å². The van der Waals surface area contributed by atoms with E-state index < -0.39 is 0 Å². The Morgan fingerprint density at radius 3 is 2.17 bits per heavy atom. The van der Waals surface area contributed by atoms with E-state index in [1.54, 1.807) is 18.9 Å². The summed E-state index contributed by atoms with van der Waals surface area (Å²) in [7, 11) is 1.66. The van der Waals surface area contributed by atoms with Crippen LogP contribution < -0.4 is 10.1 Å². The first-order valence-corrected chi connectivity index (χ1v) is 10.6. The second-order valence-corrected chi connectivity index (χ2v) is 8.40. The fourth-order valence-electron chi connectivity index (χ4n) is 3.39. The van der Waals surface area contributed by atoms with Crippen molar-refractivity contribution >= 4 is 23.4 Å². The van der Waals surface area contributed by atoms with Crippen LogP contribution in [-0.4, -0.2) is 13.0 Å². The fourth-order valence-corrected chi connectivity index (χ4v) is 4.27. The number of carbonyl (C=O) groups excluding carboxylic acids is 1. The Morgan fingerprint density at radius 2 is 1.55 bits per heavy atom. The zero-order valence-corrected chi connectivity index (χ0v) is 18.4. The number of carbonyl (C=O) groups is 1. The topological polar surface area (TPSA) is 38.3 Å². The van der Waals surface area contributed by atoms with E-state index in [-0.39, 0.29) is 5.91 Å². The van der Waals surface area contributed by atoms with Crippen molar-refractivity contribution in [3.05, 3.63) is 88.0 Å². The zero-order valence-electron chi connectivity index (χ0n) is 17.6. The van der Waals surface area contributed by atoms with Gasteiger partial charge in [-0.05, 0) is 69.2 Å². The Hall–Kier alpha value is -2.72. The van der Waals surface area contributed by atoms with Crippen LogP contribution in [0.5, 0.6) is 5.75 Å². The van der Waals surface area contributed by atoms with Gasteiger partial charge in [0.25, 0.3) is 5.91 Å². The maximum atomic E-state index is 12.9. The van der Waals surface area contributed by atoms with Gasteiger partial charge in [-0.3, -0.25) is 4.79 Å². The Labute approximate surface area is 177 Å². The third-order valence-corrected chi connectivity index (χ3v) is 5.93.